The summed E-state index contributed by atoms with van der Waals surface area (Å²) in [5.74, 6) is -1.62. The summed E-state index contributed by atoms with van der Waals surface area (Å²) in [7, 11) is -3.57. The minimum absolute atomic E-state index is 0.112. The van der Waals surface area contributed by atoms with Gasteiger partial charge in [-0.3, -0.25) is 9.11 Å². The van der Waals surface area contributed by atoms with Gasteiger partial charge in [0.25, 0.3) is 0 Å². The quantitative estimate of drug-likeness (QED) is 0.675. The Morgan fingerprint density at radius 2 is 1.72 bits per heavy atom. The number of nitrogens with two attached hydrogens (primary N) is 1. The van der Waals surface area contributed by atoms with Crippen molar-refractivity contribution in [3.8, 4) is 0 Å². The van der Waals surface area contributed by atoms with E-state index in [0.717, 1.165) is 10.4 Å². The molecule has 2 aromatic carbocycles. The van der Waals surface area contributed by atoms with Crippen LogP contribution in [0, 0.1) is 11.6 Å². The minimum atomic E-state index is -3.57. The lowest BCUT2D eigenvalue weighted by atomic mass is 10.2. The highest BCUT2D eigenvalue weighted by Crippen LogP contribution is 2.64. The third-order valence-corrected chi connectivity index (χ3v) is 5.59. The van der Waals surface area contributed by atoms with E-state index in [1.54, 1.807) is 24.3 Å². The summed E-state index contributed by atoms with van der Waals surface area (Å²) in [6, 6.07) is 9.76. The first kappa shape index (κ1) is 17.9. The van der Waals surface area contributed by atoms with Gasteiger partial charge in [0.05, 0.1) is 31.1 Å². The summed E-state index contributed by atoms with van der Waals surface area (Å²) in [5.41, 5.74) is 6.21. The van der Waals surface area contributed by atoms with Gasteiger partial charge in [0.2, 0.25) is 0 Å². The highest BCUT2D eigenvalue weighted by atomic mass is 32.3. The topological polar surface area (TPSA) is 82.2 Å². The first-order valence-electron chi connectivity index (χ1n) is 7.65. The Balaban J connectivity index is 1.99. The molecule has 0 spiro atoms. The molecule has 3 rings (SSSR count). The van der Waals surface area contributed by atoms with Crippen molar-refractivity contribution in [1.82, 2.24) is 0 Å². The molecule has 0 aliphatic carbocycles. The van der Waals surface area contributed by atoms with Crippen molar-refractivity contribution < 1.29 is 22.6 Å². The van der Waals surface area contributed by atoms with Crippen molar-refractivity contribution in [3.05, 3.63) is 54.1 Å². The lowest BCUT2D eigenvalue weighted by Crippen LogP contribution is -2.34. The van der Waals surface area contributed by atoms with Crippen molar-refractivity contribution in [2.45, 2.75) is 0 Å². The molecule has 0 bridgehead atoms. The Morgan fingerprint density at radius 3 is 2.40 bits per heavy atom. The molecule has 136 valence electrons. The van der Waals surface area contributed by atoms with Crippen molar-refractivity contribution >= 4 is 28.0 Å². The molecule has 4 N–H and O–H groups in total. The number of nitrogens with zero attached hydrogens (tertiary/aromatic N) is 2. The molecule has 9 heteroatoms. The van der Waals surface area contributed by atoms with Gasteiger partial charge in [0.1, 0.15) is 11.5 Å². The number of para-hydroxylation sites is 2. The fraction of sp³-hybridized carbons (Fsp3) is 0.250. The first-order chi connectivity index (χ1) is 12.0. The van der Waals surface area contributed by atoms with Gasteiger partial charge in [-0.2, -0.15) is 0 Å². The molecule has 1 heterocycles. The molecule has 0 saturated heterocycles. The van der Waals surface area contributed by atoms with Crippen molar-refractivity contribution in [2.75, 3.05) is 34.9 Å². The van der Waals surface area contributed by atoms with E-state index >= 15 is 0 Å². The van der Waals surface area contributed by atoms with Crippen LogP contribution in [0.4, 0.5) is 25.8 Å². The molecular weight excluding hydrogens is 352 g/mol. The largest absolute Gasteiger partial charge is 0.378 e. The lowest BCUT2D eigenvalue weighted by Gasteiger charge is -2.43. The van der Waals surface area contributed by atoms with Crippen LogP contribution in [0.15, 0.2) is 42.5 Å². The third kappa shape index (κ3) is 3.29. The summed E-state index contributed by atoms with van der Waals surface area (Å²) in [5, 5.41) is 0. The van der Waals surface area contributed by atoms with Crippen molar-refractivity contribution in [2.24, 2.45) is 5.73 Å². The molecule has 0 fully saturated rings. The molecule has 0 atom stereocenters. The van der Waals surface area contributed by atoms with Crippen LogP contribution < -0.4 is 14.3 Å². The van der Waals surface area contributed by atoms with Crippen LogP contribution in [-0.4, -0.2) is 35.4 Å². The molecule has 1 aliphatic rings. The van der Waals surface area contributed by atoms with E-state index in [1.165, 1.54) is 10.4 Å². The van der Waals surface area contributed by atoms with E-state index in [1.807, 2.05) is 0 Å². The zero-order valence-electron chi connectivity index (χ0n) is 13.3. The van der Waals surface area contributed by atoms with Crippen LogP contribution >= 0.6 is 11.0 Å². The van der Waals surface area contributed by atoms with Gasteiger partial charge in [0, 0.05) is 12.6 Å². The second-order valence-electron chi connectivity index (χ2n) is 5.37. The number of halogens is 2. The third-order valence-electron chi connectivity index (χ3n) is 3.74. The van der Waals surface area contributed by atoms with Crippen LogP contribution in [0.2, 0.25) is 0 Å². The minimum Gasteiger partial charge on any atom is -0.378 e. The molecule has 0 unspecified atom stereocenters. The van der Waals surface area contributed by atoms with E-state index in [2.05, 4.69) is 0 Å². The van der Waals surface area contributed by atoms with Crippen molar-refractivity contribution in [3.63, 3.8) is 0 Å². The molecule has 0 amide bonds. The van der Waals surface area contributed by atoms with Crippen LogP contribution in [0.5, 0.6) is 0 Å². The van der Waals surface area contributed by atoms with Gasteiger partial charge in [-0.15, -0.1) is 0 Å². The second-order valence-corrected chi connectivity index (χ2v) is 7.16. The number of anilines is 3. The maximum Gasteiger partial charge on any atom is 0.151 e. The fourth-order valence-corrected chi connectivity index (χ4v) is 4.46. The van der Waals surface area contributed by atoms with E-state index in [-0.39, 0.29) is 18.8 Å². The van der Waals surface area contributed by atoms with Gasteiger partial charge in [0.15, 0.2) is 5.82 Å². The smallest absolute Gasteiger partial charge is 0.151 e. The van der Waals surface area contributed by atoms with Crippen LogP contribution in [0.3, 0.4) is 0 Å². The Bertz CT molecular complexity index is 763. The standard InChI is InChI=1S/C16H19F2N3O3S/c17-12-5-6-14(13(18)11-12)21-16-4-2-1-3-15(16)20(25(21,22)23)8-10-24-9-7-19/h1-6,11,22-23H,7-10,19H2. The molecule has 0 radical (unpaired) electrons. The van der Waals surface area contributed by atoms with E-state index < -0.39 is 22.6 Å². The Hall–Kier alpha value is -1.91. The molecular formula is C16H19F2N3O3S. The number of rotatable bonds is 6. The van der Waals surface area contributed by atoms with Gasteiger partial charge >= 0.3 is 0 Å². The summed E-state index contributed by atoms with van der Waals surface area (Å²) in [6.07, 6.45) is 0. The SMILES string of the molecule is NCCOCCN1c2ccccc2N(c2ccc(F)cc2F)S1(O)O. The number of fused-ring (bicyclic) bond motifs is 1. The Kier molecular flexibility index (Phi) is 5.11. The fourth-order valence-electron chi connectivity index (χ4n) is 2.69. The summed E-state index contributed by atoms with van der Waals surface area (Å²) >= 11 is 0. The maximum atomic E-state index is 14.3. The molecule has 1 aliphatic heterocycles. The van der Waals surface area contributed by atoms with Crippen LogP contribution in [-0.2, 0) is 4.74 Å². The van der Waals surface area contributed by atoms with Crippen LogP contribution in [0.1, 0.15) is 0 Å². The van der Waals surface area contributed by atoms with Gasteiger partial charge in [-0.1, -0.05) is 12.1 Å². The van der Waals surface area contributed by atoms with E-state index in [0.29, 0.717) is 30.6 Å². The van der Waals surface area contributed by atoms with Crippen molar-refractivity contribution in [1.29, 1.82) is 0 Å². The predicted octanol–water partition coefficient (Wildman–Crippen LogP) is 3.48. The van der Waals surface area contributed by atoms with Gasteiger partial charge in [-0.25, -0.2) is 17.4 Å². The Morgan fingerprint density at radius 1 is 1.00 bits per heavy atom. The monoisotopic (exact) mass is 371 g/mol. The zero-order chi connectivity index (χ0) is 18.0. The summed E-state index contributed by atoms with van der Waals surface area (Å²) in [4.78, 5) is 0. The predicted molar refractivity (Wildman–Crippen MR) is 95.0 cm³/mol. The highest BCUT2D eigenvalue weighted by Gasteiger charge is 2.42. The highest BCUT2D eigenvalue weighted by molar-refractivity contribution is 8.27. The number of benzene rings is 2. The van der Waals surface area contributed by atoms with Gasteiger partial charge in [-0.05, 0) is 35.2 Å². The summed E-state index contributed by atoms with van der Waals surface area (Å²) < 4.78 is 56.9. The second kappa shape index (κ2) is 7.14. The maximum absolute atomic E-state index is 14.3. The van der Waals surface area contributed by atoms with E-state index in [9.17, 15) is 17.9 Å². The Labute approximate surface area is 146 Å². The lowest BCUT2D eigenvalue weighted by molar-refractivity contribution is 0.149. The zero-order valence-corrected chi connectivity index (χ0v) is 14.1. The summed E-state index contributed by atoms with van der Waals surface area (Å²) in [6.45, 7) is 1.12. The number of hydrogen-bond acceptors (Lipinski definition) is 6. The molecule has 0 saturated carbocycles. The van der Waals surface area contributed by atoms with Gasteiger partial charge < -0.3 is 10.5 Å². The van der Waals surface area contributed by atoms with E-state index in [4.69, 9.17) is 10.5 Å². The average Bonchev–Trinajstić information content (AvgIpc) is 2.79. The normalized spacial score (nSPS) is 16.8. The average molecular weight is 371 g/mol. The number of hydrogen-bond donors (Lipinski definition) is 3. The molecule has 0 aromatic heterocycles. The molecule has 2 aromatic rings. The molecule has 25 heavy (non-hydrogen) atoms. The van der Waals surface area contributed by atoms with Crippen LogP contribution in [0.25, 0.3) is 0 Å². The molecule has 6 nitrogen and oxygen atoms in total. The number of ether oxygens (including phenoxy) is 1. The first-order valence-corrected chi connectivity index (χ1v) is 9.11.